The molecule has 3 aromatic carbocycles. The van der Waals surface area contributed by atoms with Crippen LogP contribution in [0.2, 0.25) is 0 Å². The smallest absolute Gasteiger partial charge is 0.149 e. The van der Waals surface area contributed by atoms with Gasteiger partial charge in [-0.05, 0) is 68.0 Å². The standard InChI is InChI=1S/C32H30N2O3/c1-20-29(35)19-30(36)31(32(20)37)33(2)24-12-8-9-21(17-24)22-15-16-26-25-13-6-7-14-27(25)34(28(26)18-22)23-10-4-3-5-11-23/h3-4,8-10,12-19,35-37H,5-7,11H2,1-2H3. The van der Waals surface area contributed by atoms with Gasteiger partial charge >= 0.3 is 0 Å². The number of anilines is 2. The summed E-state index contributed by atoms with van der Waals surface area (Å²) in [7, 11) is 1.79. The summed E-state index contributed by atoms with van der Waals surface area (Å²) >= 11 is 0. The number of benzene rings is 3. The van der Waals surface area contributed by atoms with Gasteiger partial charge < -0.3 is 24.8 Å². The van der Waals surface area contributed by atoms with E-state index in [1.54, 1.807) is 18.9 Å². The number of nitrogens with zero attached hydrogens (tertiary/aromatic N) is 2. The minimum absolute atomic E-state index is 0.141. The van der Waals surface area contributed by atoms with Gasteiger partial charge in [-0.2, -0.15) is 0 Å². The molecule has 1 heterocycles. The van der Waals surface area contributed by atoms with Crippen LogP contribution in [0.3, 0.4) is 0 Å². The van der Waals surface area contributed by atoms with Crippen LogP contribution in [0.1, 0.15) is 31.2 Å². The minimum atomic E-state index is -0.180. The lowest BCUT2D eigenvalue weighted by Gasteiger charge is -2.23. The second kappa shape index (κ2) is 8.93. The number of aromatic hydroxyl groups is 3. The quantitative estimate of drug-likeness (QED) is 0.326. The van der Waals surface area contributed by atoms with Crippen molar-refractivity contribution < 1.29 is 15.3 Å². The first-order valence-electron chi connectivity index (χ1n) is 12.7. The van der Waals surface area contributed by atoms with E-state index in [0.717, 1.165) is 42.5 Å². The van der Waals surface area contributed by atoms with Crippen LogP contribution in [0.5, 0.6) is 17.2 Å². The molecule has 0 saturated carbocycles. The molecule has 5 heteroatoms. The zero-order valence-electron chi connectivity index (χ0n) is 21.1. The van der Waals surface area contributed by atoms with Gasteiger partial charge in [0.05, 0.1) is 5.52 Å². The van der Waals surface area contributed by atoms with E-state index in [9.17, 15) is 15.3 Å². The molecular formula is C32H30N2O3. The number of phenols is 3. The van der Waals surface area contributed by atoms with Gasteiger partial charge in [-0.25, -0.2) is 0 Å². The van der Waals surface area contributed by atoms with Crippen LogP contribution in [-0.2, 0) is 0 Å². The Morgan fingerprint density at radius 2 is 1.68 bits per heavy atom. The summed E-state index contributed by atoms with van der Waals surface area (Å²) < 4.78 is 2.43. The van der Waals surface area contributed by atoms with Crippen molar-refractivity contribution in [1.82, 2.24) is 4.57 Å². The van der Waals surface area contributed by atoms with Crippen molar-refractivity contribution in [2.75, 3.05) is 11.9 Å². The van der Waals surface area contributed by atoms with Crippen molar-refractivity contribution in [3.63, 3.8) is 0 Å². The molecule has 186 valence electrons. The van der Waals surface area contributed by atoms with Crippen molar-refractivity contribution in [3.8, 4) is 28.4 Å². The third-order valence-electron chi connectivity index (χ3n) is 7.56. The van der Waals surface area contributed by atoms with Gasteiger partial charge in [-0.3, -0.25) is 0 Å². The normalized spacial score (nSPS) is 14.6. The molecule has 0 bridgehead atoms. The lowest BCUT2D eigenvalue weighted by atomic mass is 10.0. The van der Waals surface area contributed by atoms with E-state index in [-0.39, 0.29) is 22.9 Å². The highest BCUT2D eigenvalue weighted by molar-refractivity contribution is 5.90. The van der Waals surface area contributed by atoms with Gasteiger partial charge in [-0.1, -0.05) is 48.6 Å². The summed E-state index contributed by atoms with van der Waals surface area (Å²) in [5.74, 6) is -0.462. The Morgan fingerprint density at radius 3 is 2.49 bits per heavy atom. The van der Waals surface area contributed by atoms with Gasteiger partial charge in [0.25, 0.3) is 0 Å². The average molecular weight is 491 g/mol. The van der Waals surface area contributed by atoms with E-state index in [4.69, 9.17) is 0 Å². The van der Waals surface area contributed by atoms with E-state index in [0.29, 0.717) is 5.56 Å². The van der Waals surface area contributed by atoms with E-state index < -0.39 is 0 Å². The molecule has 0 fully saturated rings. The Balaban J connectivity index is 1.48. The molecule has 37 heavy (non-hydrogen) atoms. The second-order valence-corrected chi connectivity index (χ2v) is 9.82. The minimum Gasteiger partial charge on any atom is -0.507 e. The van der Waals surface area contributed by atoms with Crippen molar-refractivity contribution in [1.29, 1.82) is 0 Å². The summed E-state index contributed by atoms with van der Waals surface area (Å²) in [5, 5.41) is 35.0. The summed E-state index contributed by atoms with van der Waals surface area (Å²) in [6.45, 7) is 1.62. The maximum atomic E-state index is 10.6. The molecule has 0 radical (unpaired) electrons. The summed E-state index contributed by atoms with van der Waals surface area (Å²) in [5.41, 5.74) is 6.06. The molecule has 5 nitrogen and oxygen atoms in total. The van der Waals surface area contributed by atoms with Crippen LogP contribution in [0.25, 0.3) is 39.9 Å². The van der Waals surface area contributed by atoms with Crippen LogP contribution < -0.4 is 15.5 Å². The summed E-state index contributed by atoms with van der Waals surface area (Å²) in [4.78, 5) is 1.74. The molecule has 0 unspecified atom stereocenters. The second-order valence-electron chi connectivity index (χ2n) is 9.82. The van der Waals surface area contributed by atoms with E-state index in [1.807, 2.05) is 12.1 Å². The van der Waals surface area contributed by atoms with Gasteiger partial charge in [0.2, 0.25) is 0 Å². The van der Waals surface area contributed by atoms with E-state index in [1.165, 1.54) is 33.2 Å². The van der Waals surface area contributed by atoms with Crippen LogP contribution in [0.15, 0.2) is 66.8 Å². The maximum absolute atomic E-state index is 10.6. The fourth-order valence-corrected chi connectivity index (χ4v) is 5.54. The maximum Gasteiger partial charge on any atom is 0.149 e. The Hall–Kier alpha value is -4.38. The highest BCUT2D eigenvalue weighted by Gasteiger charge is 2.20. The number of fused-ring (bicyclic) bond motifs is 3. The fourth-order valence-electron chi connectivity index (χ4n) is 5.54. The number of phenolic OH excluding ortho intramolecular Hbond substituents is 3. The Labute approximate surface area is 215 Å². The monoisotopic (exact) mass is 490 g/mol. The first-order chi connectivity index (χ1) is 17.9. The number of hydrogen-bond donors (Lipinski definition) is 3. The first-order valence-corrected chi connectivity index (χ1v) is 12.7. The number of hydrogen-bond acceptors (Lipinski definition) is 4. The average Bonchev–Trinajstić information content (AvgIpc) is 3.26. The fraction of sp³-hybridized carbons (Fsp3) is 0.188. The predicted octanol–water partition coefficient (Wildman–Crippen LogP) is 6.05. The van der Waals surface area contributed by atoms with E-state index in [2.05, 4.69) is 65.3 Å². The molecule has 0 saturated heterocycles. The molecular weight excluding hydrogens is 460 g/mol. The Bertz CT molecular complexity index is 1740. The number of aromatic nitrogens is 1. The third kappa shape index (κ3) is 3.78. The molecule has 1 aromatic heterocycles. The molecule has 0 atom stereocenters. The van der Waals surface area contributed by atoms with Crippen molar-refractivity contribution >= 4 is 40.1 Å². The molecule has 2 aliphatic rings. The SMILES string of the molecule is Cc1c(O)cc(O)c(N(C)c2cccc(-c3ccc4c5c(n(C6=CC=CCC6)c4c3)=CCCC=5)c2)c1O. The van der Waals surface area contributed by atoms with E-state index >= 15 is 0 Å². The zero-order chi connectivity index (χ0) is 25.7. The highest BCUT2D eigenvalue weighted by Crippen LogP contribution is 2.45. The Kier molecular flexibility index (Phi) is 5.56. The van der Waals surface area contributed by atoms with Gasteiger partial charge in [0.15, 0.2) is 0 Å². The third-order valence-corrected chi connectivity index (χ3v) is 7.56. The molecule has 0 aliphatic heterocycles. The lowest BCUT2D eigenvalue weighted by Crippen LogP contribution is -2.30. The van der Waals surface area contributed by atoms with Gasteiger partial charge in [0, 0.05) is 46.0 Å². The lowest BCUT2D eigenvalue weighted by molar-refractivity contribution is 0.424. The van der Waals surface area contributed by atoms with Crippen LogP contribution in [-0.4, -0.2) is 26.9 Å². The largest absolute Gasteiger partial charge is 0.507 e. The van der Waals surface area contributed by atoms with Gasteiger partial charge in [0.1, 0.15) is 22.9 Å². The molecule has 2 aliphatic carbocycles. The topological polar surface area (TPSA) is 68.9 Å². The first kappa shape index (κ1) is 23.0. The molecule has 0 spiro atoms. The van der Waals surface area contributed by atoms with Crippen LogP contribution in [0, 0.1) is 6.92 Å². The Morgan fingerprint density at radius 1 is 0.865 bits per heavy atom. The molecule has 3 N–H and O–H groups in total. The predicted molar refractivity (Wildman–Crippen MR) is 152 cm³/mol. The highest BCUT2D eigenvalue weighted by atomic mass is 16.3. The van der Waals surface area contributed by atoms with Crippen LogP contribution in [0.4, 0.5) is 11.4 Å². The number of rotatable bonds is 4. The van der Waals surface area contributed by atoms with Gasteiger partial charge in [-0.15, -0.1) is 0 Å². The molecule has 4 aromatic rings. The molecule has 0 amide bonds. The van der Waals surface area contributed by atoms with Crippen molar-refractivity contribution in [2.45, 2.75) is 32.6 Å². The van der Waals surface area contributed by atoms with Crippen molar-refractivity contribution in [2.24, 2.45) is 0 Å². The molecule has 6 rings (SSSR count). The number of allylic oxidation sites excluding steroid dienone is 4. The summed E-state index contributed by atoms with van der Waals surface area (Å²) in [6, 6.07) is 16.0. The van der Waals surface area contributed by atoms with Crippen molar-refractivity contribution in [3.05, 3.63) is 82.9 Å². The van der Waals surface area contributed by atoms with Crippen LogP contribution >= 0.6 is 0 Å². The summed E-state index contributed by atoms with van der Waals surface area (Å²) in [6.07, 6.45) is 15.5. The zero-order valence-corrected chi connectivity index (χ0v) is 21.1.